The SMILES string of the molecule is CC1CCCCN1c1nc(C(F)(F)F)c(C(=O)O)o1. The van der Waals surface area contributed by atoms with Crippen LogP contribution in [-0.4, -0.2) is 28.6 Å². The van der Waals surface area contributed by atoms with Gasteiger partial charge in [0.25, 0.3) is 6.01 Å². The third kappa shape index (κ3) is 2.66. The third-order valence-corrected chi connectivity index (χ3v) is 3.13. The Labute approximate surface area is 107 Å². The van der Waals surface area contributed by atoms with Crippen molar-refractivity contribution in [1.82, 2.24) is 4.98 Å². The van der Waals surface area contributed by atoms with Crippen LogP contribution in [0.4, 0.5) is 19.2 Å². The lowest BCUT2D eigenvalue weighted by Crippen LogP contribution is -2.37. The summed E-state index contributed by atoms with van der Waals surface area (Å²) in [5.41, 5.74) is -1.48. The van der Waals surface area contributed by atoms with Gasteiger partial charge in [-0.05, 0) is 26.2 Å². The zero-order chi connectivity index (χ0) is 14.2. The van der Waals surface area contributed by atoms with Crippen molar-refractivity contribution in [2.75, 3.05) is 11.4 Å². The van der Waals surface area contributed by atoms with Gasteiger partial charge < -0.3 is 14.4 Å². The fourth-order valence-corrected chi connectivity index (χ4v) is 2.15. The average Bonchev–Trinajstić information content (AvgIpc) is 2.74. The first kappa shape index (κ1) is 13.7. The van der Waals surface area contributed by atoms with Gasteiger partial charge in [-0.25, -0.2) is 4.79 Å². The molecule has 19 heavy (non-hydrogen) atoms. The van der Waals surface area contributed by atoms with Crippen LogP contribution in [0.2, 0.25) is 0 Å². The average molecular weight is 278 g/mol. The molecule has 1 fully saturated rings. The number of rotatable bonds is 2. The van der Waals surface area contributed by atoms with Crippen LogP contribution in [0.15, 0.2) is 4.42 Å². The lowest BCUT2D eigenvalue weighted by Gasteiger charge is -2.31. The highest BCUT2D eigenvalue weighted by molar-refractivity contribution is 5.86. The number of carbonyl (C=O) groups is 1. The molecule has 0 amide bonds. The molecule has 2 heterocycles. The van der Waals surface area contributed by atoms with E-state index in [1.165, 1.54) is 0 Å². The molecule has 2 rings (SSSR count). The van der Waals surface area contributed by atoms with Gasteiger partial charge in [0.05, 0.1) is 0 Å². The van der Waals surface area contributed by atoms with E-state index in [9.17, 15) is 18.0 Å². The number of alkyl halides is 3. The summed E-state index contributed by atoms with van der Waals surface area (Å²) in [6.45, 7) is 2.36. The van der Waals surface area contributed by atoms with Crippen LogP contribution >= 0.6 is 0 Å². The van der Waals surface area contributed by atoms with E-state index in [1.807, 2.05) is 6.92 Å². The summed E-state index contributed by atoms with van der Waals surface area (Å²) in [7, 11) is 0. The van der Waals surface area contributed by atoms with Gasteiger partial charge in [-0.3, -0.25) is 0 Å². The van der Waals surface area contributed by atoms with Crippen molar-refractivity contribution in [2.24, 2.45) is 0 Å². The first-order valence-electron chi connectivity index (χ1n) is 5.88. The molecule has 1 N–H and O–H groups in total. The van der Waals surface area contributed by atoms with E-state index in [0.717, 1.165) is 19.3 Å². The van der Waals surface area contributed by atoms with Gasteiger partial charge in [-0.2, -0.15) is 18.2 Å². The zero-order valence-corrected chi connectivity index (χ0v) is 10.2. The Morgan fingerprint density at radius 1 is 1.47 bits per heavy atom. The van der Waals surface area contributed by atoms with E-state index in [-0.39, 0.29) is 12.1 Å². The number of hydrogen-bond donors (Lipinski definition) is 1. The minimum absolute atomic E-state index is 0.0184. The van der Waals surface area contributed by atoms with Crippen molar-refractivity contribution in [3.05, 3.63) is 11.5 Å². The molecule has 1 aromatic rings. The summed E-state index contributed by atoms with van der Waals surface area (Å²) in [5.74, 6) is -2.92. The second-order valence-electron chi connectivity index (χ2n) is 4.52. The van der Waals surface area contributed by atoms with E-state index < -0.39 is 23.6 Å². The third-order valence-electron chi connectivity index (χ3n) is 3.13. The molecule has 0 aromatic carbocycles. The second kappa shape index (κ2) is 4.75. The molecule has 1 aliphatic heterocycles. The van der Waals surface area contributed by atoms with Gasteiger partial charge >= 0.3 is 12.1 Å². The molecule has 0 spiro atoms. The summed E-state index contributed by atoms with van der Waals surface area (Å²) in [5, 5.41) is 8.75. The number of carboxylic acids is 1. The van der Waals surface area contributed by atoms with Crippen LogP contribution in [0.25, 0.3) is 0 Å². The topological polar surface area (TPSA) is 66.6 Å². The Morgan fingerprint density at radius 3 is 2.63 bits per heavy atom. The molecule has 106 valence electrons. The number of nitrogens with zero attached hydrogens (tertiary/aromatic N) is 2. The van der Waals surface area contributed by atoms with Crippen molar-refractivity contribution in [3.8, 4) is 0 Å². The molecular formula is C11H13F3N2O3. The number of oxazole rings is 1. The summed E-state index contributed by atoms with van der Waals surface area (Å²) < 4.78 is 42.9. The molecule has 1 aliphatic rings. The predicted molar refractivity (Wildman–Crippen MR) is 59.1 cm³/mol. The van der Waals surface area contributed by atoms with Crippen LogP contribution in [-0.2, 0) is 6.18 Å². The number of carboxylic acid groups (broad SMARTS) is 1. The lowest BCUT2D eigenvalue weighted by molar-refractivity contribution is -0.141. The Bertz CT molecular complexity index is 484. The van der Waals surface area contributed by atoms with E-state index >= 15 is 0 Å². The fourth-order valence-electron chi connectivity index (χ4n) is 2.15. The molecule has 1 unspecified atom stereocenters. The largest absolute Gasteiger partial charge is 0.475 e. The predicted octanol–water partition coefficient (Wildman–Crippen LogP) is 2.77. The molecule has 0 saturated carbocycles. The molecule has 8 heteroatoms. The highest BCUT2D eigenvalue weighted by atomic mass is 19.4. The van der Waals surface area contributed by atoms with Crippen LogP contribution in [0.1, 0.15) is 42.4 Å². The molecule has 0 bridgehead atoms. The highest BCUT2D eigenvalue weighted by Crippen LogP contribution is 2.35. The summed E-state index contributed by atoms with van der Waals surface area (Å²) in [6.07, 6.45) is -2.23. The maximum absolute atomic E-state index is 12.7. The molecule has 5 nitrogen and oxygen atoms in total. The number of anilines is 1. The van der Waals surface area contributed by atoms with E-state index in [1.54, 1.807) is 4.90 Å². The molecule has 1 saturated heterocycles. The number of aromatic nitrogens is 1. The van der Waals surface area contributed by atoms with Gasteiger partial charge in [0.1, 0.15) is 0 Å². The Kier molecular flexibility index (Phi) is 3.42. The van der Waals surface area contributed by atoms with Gasteiger partial charge in [-0.1, -0.05) is 0 Å². The monoisotopic (exact) mass is 278 g/mol. The Morgan fingerprint density at radius 2 is 2.16 bits per heavy atom. The van der Waals surface area contributed by atoms with E-state index in [4.69, 9.17) is 9.52 Å². The minimum atomic E-state index is -4.84. The highest BCUT2D eigenvalue weighted by Gasteiger charge is 2.42. The zero-order valence-electron chi connectivity index (χ0n) is 10.2. The lowest BCUT2D eigenvalue weighted by atomic mass is 10.0. The van der Waals surface area contributed by atoms with Crippen LogP contribution in [0, 0.1) is 0 Å². The maximum atomic E-state index is 12.7. The molecule has 0 aliphatic carbocycles. The van der Waals surface area contributed by atoms with Crippen molar-refractivity contribution in [2.45, 2.75) is 38.4 Å². The number of halogens is 3. The van der Waals surface area contributed by atoms with Crippen molar-refractivity contribution >= 4 is 12.0 Å². The number of piperidine rings is 1. The molecular weight excluding hydrogens is 265 g/mol. The van der Waals surface area contributed by atoms with Crippen LogP contribution in [0.3, 0.4) is 0 Å². The summed E-state index contributed by atoms with van der Waals surface area (Å²) in [6, 6.07) is -0.285. The first-order chi connectivity index (χ1) is 8.80. The smallest absolute Gasteiger partial charge is 0.437 e. The van der Waals surface area contributed by atoms with E-state index in [0.29, 0.717) is 6.54 Å². The maximum Gasteiger partial charge on any atom is 0.437 e. The number of aromatic carboxylic acids is 1. The number of hydrogen-bond acceptors (Lipinski definition) is 4. The Balaban J connectivity index is 2.40. The normalized spacial score (nSPS) is 20.6. The quantitative estimate of drug-likeness (QED) is 0.901. The summed E-state index contributed by atoms with van der Waals surface area (Å²) >= 11 is 0. The van der Waals surface area contributed by atoms with Gasteiger partial charge in [-0.15, -0.1) is 0 Å². The van der Waals surface area contributed by atoms with Gasteiger partial charge in [0.15, 0.2) is 5.69 Å². The molecule has 1 atom stereocenters. The van der Waals surface area contributed by atoms with Crippen molar-refractivity contribution in [3.63, 3.8) is 0 Å². The van der Waals surface area contributed by atoms with Gasteiger partial charge in [0.2, 0.25) is 5.76 Å². The van der Waals surface area contributed by atoms with Crippen molar-refractivity contribution < 1.29 is 27.5 Å². The molecule has 0 radical (unpaired) electrons. The minimum Gasteiger partial charge on any atom is -0.475 e. The Hall–Kier alpha value is -1.73. The van der Waals surface area contributed by atoms with E-state index in [2.05, 4.69) is 4.98 Å². The summed E-state index contributed by atoms with van der Waals surface area (Å²) in [4.78, 5) is 15.7. The first-order valence-corrected chi connectivity index (χ1v) is 5.88. The van der Waals surface area contributed by atoms with Crippen LogP contribution in [0.5, 0.6) is 0 Å². The molecule has 1 aromatic heterocycles. The second-order valence-corrected chi connectivity index (χ2v) is 4.52. The van der Waals surface area contributed by atoms with Crippen LogP contribution < -0.4 is 4.90 Å². The standard InChI is InChI=1S/C11H13F3N2O3/c1-6-4-2-3-5-16(6)10-15-8(11(12,13)14)7(19-10)9(17)18/h6H,2-5H2,1H3,(H,17,18). The fraction of sp³-hybridized carbons (Fsp3) is 0.636. The van der Waals surface area contributed by atoms with Crippen molar-refractivity contribution in [1.29, 1.82) is 0 Å². The van der Waals surface area contributed by atoms with Gasteiger partial charge in [0, 0.05) is 12.6 Å².